The molecular formula is C17H18N4O6. The number of carbonyl (C=O) groups is 1. The van der Waals surface area contributed by atoms with Crippen molar-refractivity contribution in [2.75, 3.05) is 13.7 Å². The molecule has 0 bridgehead atoms. The zero-order valence-corrected chi connectivity index (χ0v) is 14.4. The third-order valence-corrected chi connectivity index (χ3v) is 3.34. The molecule has 1 amide bonds. The molecule has 0 unspecified atom stereocenters. The monoisotopic (exact) mass is 374 g/mol. The molecule has 142 valence electrons. The second-order valence-corrected chi connectivity index (χ2v) is 5.25. The molecule has 0 aliphatic heterocycles. The largest absolute Gasteiger partial charge is 0.597 e. The molecule has 0 heterocycles. The van der Waals surface area contributed by atoms with Crippen molar-refractivity contribution in [2.45, 2.75) is 6.54 Å². The van der Waals surface area contributed by atoms with E-state index in [0.29, 0.717) is 22.6 Å². The molecular weight excluding hydrogens is 356 g/mol. The molecule has 0 saturated carbocycles. The van der Waals surface area contributed by atoms with Crippen LogP contribution >= 0.6 is 0 Å². The summed E-state index contributed by atoms with van der Waals surface area (Å²) in [6, 6.07) is 11.0. The van der Waals surface area contributed by atoms with Crippen molar-refractivity contribution in [1.29, 1.82) is 0 Å². The average molecular weight is 374 g/mol. The molecule has 10 heteroatoms. The van der Waals surface area contributed by atoms with Crippen molar-refractivity contribution in [3.05, 3.63) is 58.8 Å². The summed E-state index contributed by atoms with van der Waals surface area (Å²) in [6.07, 6.45) is 1.29. The Hall–Kier alpha value is -3.82. The molecule has 0 spiro atoms. The van der Waals surface area contributed by atoms with Crippen LogP contribution in [0.4, 0.5) is 0 Å². The standard InChI is InChI=1S/C17H18N4O6/c1-26-15-7-4-13(16(22)8-15)9-18-19-17(23)11-27-14-5-2-12(3-6-14)10-21(25)20-24/h2-9,22,24H,10-11H2,1H3,(H,19,23)/b18-9+,21-20-. The first kappa shape index (κ1) is 19.5. The van der Waals surface area contributed by atoms with Crippen molar-refractivity contribution in [2.24, 2.45) is 10.4 Å². The van der Waals surface area contributed by atoms with Crippen LogP contribution in [0.3, 0.4) is 0 Å². The fraction of sp³-hybridized carbons (Fsp3) is 0.176. The van der Waals surface area contributed by atoms with E-state index in [1.807, 2.05) is 0 Å². The molecule has 0 fully saturated rings. The molecule has 2 aromatic carbocycles. The zero-order chi connectivity index (χ0) is 19.6. The van der Waals surface area contributed by atoms with Gasteiger partial charge in [0.25, 0.3) is 5.91 Å². The van der Waals surface area contributed by atoms with Gasteiger partial charge in [-0.25, -0.2) is 5.43 Å². The maximum atomic E-state index is 11.7. The number of ether oxygens (including phenoxy) is 2. The summed E-state index contributed by atoms with van der Waals surface area (Å²) in [5.41, 5.74) is 3.30. The van der Waals surface area contributed by atoms with E-state index in [1.54, 1.807) is 36.4 Å². The Balaban J connectivity index is 1.80. The number of methoxy groups -OCH3 is 1. The summed E-state index contributed by atoms with van der Waals surface area (Å²) >= 11 is 0. The van der Waals surface area contributed by atoms with Crippen molar-refractivity contribution in [3.63, 3.8) is 0 Å². The lowest BCUT2D eigenvalue weighted by Crippen LogP contribution is -2.24. The van der Waals surface area contributed by atoms with Crippen molar-refractivity contribution in [3.8, 4) is 17.2 Å². The number of aromatic hydroxyl groups is 1. The van der Waals surface area contributed by atoms with Crippen LogP contribution in [-0.4, -0.2) is 41.0 Å². The van der Waals surface area contributed by atoms with E-state index in [2.05, 4.69) is 15.8 Å². The van der Waals surface area contributed by atoms with Gasteiger partial charge in [0, 0.05) is 17.2 Å². The van der Waals surface area contributed by atoms with E-state index in [4.69, 9.17) is 14.7 Å². The summed E-state index contributed by atoms with van der Waals surface area (Å²) in [5.74, 6) is 0.397. The van der Waals surface area contributed by atoms with Crippen molar-refractivity contribution < 1.29 is 29.4 Å². The number of amides is 1. The highest BCUT2D eigenvalue weighted by Gasteiger charge is 2.05. The molecule has 2 aromatic rings. The minimum Gasteiger partial charge on any atom is -0.597 e. The Kier molecular flexibility index (Phi) is 6.94. The van der Waals surface area contributed by atoms with Crippen LogP contribution in [0.1, 0.15) is 11.1 Å². The molecule has 2 rings (SSSR count). The van der Waals surface area contributed by atoms with E-state index in [0.717, 1.165) is 0 Å². The predicted octanol–water partition coefficient (Wildman–Crippen LogP) is 1.78. The van der Waals surface area contributed by atoms with Crippen LogP contribution in [0.5, 0.6) is 17.2 Å². The second-order valence-electron chi connectivity index (χ2n) is 5.25. The number of hydrogen-bond acceptors (Lipinski definition) is 7. The Morgan fingerprint density at radius 2 is 1.96 bits per heavy atom. The van der Waals surface area contributed by atoms with Crippen LogP contribution in [0, 0.1) is 5.21 Å². The molecule has 0 aliphatic rings. The number of hydrogen-bond donors (Lipinski definition) is 3. The third-order valence-electron chi connectivity index (χ3n) is 3.34. The van der Waals surface area contributed by atoms with Crippen molar-refractivity contribution in [1.82, 2.24) is 5.43 Å². The molecule has 0 atom stereocenters. The Bertz CT molecular complexity index is 836. The lowest BCUT2D eigenvalue weighted by atomic mass is 10.2. The van der Waals surface area contributed by atoms with E-state index in [-0.39, 0.29) is 23.8 Å². The van der Waals surface area contributed by atoms with Gasteiger partial charge in [0.1, 0.15) is 17.2 Å². The van der Waals surface area contributed by atoms with E-state index in [1.165, 1.54) is 19.4 Å². The van der Waals surface area contributed by atoms with Crippen LogP contribution in [0.2, 0.25) is 0 Å². The number of nitrogens with one attached hydrogen (secondary N) is 1. The number of hydroxylamine groups is 1. The van der Waals surface area contributed by atoms with Gasteiger partial charge in [0.05, 0.1) is 13.3 Å². The first-order valence-corrected chi connectivity index (χ1v) is 7.72. The highest BCUT2D eigenvalue weighted by Crippen LogP contribution is 2.21. The summed E-state index contributed by atoms with van der Waals surface area (Å²) in [6.45, 7) is -0.380. The van der Waals surface area contributed by atoms with Gasteiger partial charge in [0.2, 0.25) is 6.54 Å². The van der Waals surface area contributed by atoms with Gasteiger partial charge >= 0.3 is 0 Å². The molecule has 0 radical (unpaired) electrons. The topological polar surface area (TPSA) is 139 Å². The number of hydrazone groups is 1. The SMILES string of the molecule is COc1ccc(/C=N/NC(=O)COc2ccc(C/[N+]([O-])=N/O)cc2)c(O)c1. The highest BCUT2D eigenvalue weighted by molar-refractivity contribution is 5.85. The Morgan fingerprint density at radius 3 is 2.59 bits per heavy atom. The molecule has 27 heavy (non-hydrogen) atoms. The molecule has 0 aromatic heterocycles. The molecule has 10 nitrogen and oxygen atoms in total. The van der Waals surface area contributed by atoms with Gasteiger partial charge in [-0.1, -0.05) is 4.86 Å². The smallest absolute Gasteiger partial charge is 0.277 e. The quantitative estimate of drug-likeness (QED) is 0.279. The van der Waals surface area contributed by atoms with Crippen LogP contribution in [0.15, 0.2) is 52.8 Å². The minimum atomic E-state index is -0.492. The summed E-state index contributed by atoms with van der Waals surface area (Å²) in [7, 11) is 1.49. The van der Waals surface area contributed by atoms with Crippen molar-refractivity contribution >= 4 is 12.1 Å². The number of phenolic OH excluding ortho intramolecular Hbond substituents is 1. The maximum Gasteiger partial charge on any atom is 0.277 e. The van der Waals surface area contributed by atoms with Crippen LogP contribution < -0.4 is 14.9 Å². The summed E-state index contributed by atoms with van der Waals surface area (Å²) < 4.78 is 10.3. The van der Waals surface area contributed by atoms with Gasteiger partial charge in [-0.2, -0.15) is 5.10 Å². The fourth-order valence-electron chi connectivity index (χ4n) is 1.99. The number of rotatable bonds is 8. The average Bonchev–Trinajstić information content (AvgIpc) is 2.68. The first-order chi connectivity index (χ1) is 13.0. The first-order valence-electron chi connectivity index (χ1n) is 7.72. The van der Waals surface area contributed by atoms with Gasteiger partial charge in [-0.3, -0.25) is 4.79 Å². The highest BCUT2D eigenvalue weighted by atomic mass is 16.6. The van der Waals surface area contributed by atoms with Gasteiger partial charge in [-0.05, 0) is 36.4 Å². The number of nitrogens with zero attached hydrogens (tertiary/aromatic N) is 3. The van der Waals surface area contributed by atoms with E-state index < -0.39 is 5.91 Å². The summed E-state index contributed by atoms with van der Waals surface area (Å²) in [5, 5.41) is 35.3. The number of carbonyl (C=O) groups excluding carboxylic acids is 1. The minimum absolute atomic E-state index is 0.0330. The lowest BCUT2D eigenvalue weighted by Gasteiger charge is -2.06. The van der Waals surface area contributed by atoms with Crippen LogP contribution in [0.25, 0.3) is 0 Å². The second kappa shape index (κ2) is 9.61. The summed E-state index contributed by atoms with van der Waals surface area (Å²) in [4.78, 5) is 11.8. The molecule has 3 N–H and O–H groups in total. The number of benzene rings is 2. The van der Waals surface area contributed by atoms with Crippen LogP contribution in [-0.2, 0) is 11.3 Å². The maximum absolute atomic E-state index is 11.7. The van der Waals surface area contributed by atoms with Gasteiger partial charge in [0.15, 0.2) is 11.9 Å². The number of phenols is 1. The molecule has 0 aliphatic carbocycles. The Labute approximate surface area is 154 Å². The van der Waals surface area contributed by atoms with Gasteiger partial charge < -0.3 is 25.0 Å². The van der Waals surface area contributed by atoms with E-state index in [9.17, 15) is 15.1 Å². The van der Waals surface area contributed by atoms with Gasteiger partial charge in [-0.15, -0.1) is 0 Å². The fourth-order valence-corrected chi connectivity index (χ4v) is 1.99. The normalized spacial score (nSPS) is 11.4. The predicted molar refractivity (Wildman–Crippen MR) is 93.9 cm³/mol. The zero-order valence-electron chi connectivity index (χ0n) is 14.4. The van der Waals surface area contributed by atoms with E-state index >= 15 is 0 Å². The Morgan fingerprint density at radius 1 is 1.26 bits per heavy atom. The molecule has 0 saturated heterocycles. The lowest BCUT2D eigenvalue weighted by molar-refractivity contribution is -0.570. The third kappa shape index (κ3) is 6.20.